The first-order valence-electron chi connectivity index (χ1n) is 12.8. The number of aromatic nitrogens is 3. The van der Waals surface area contributed by atoms with Gasteiger partial charge in [0, 0.05) is 65.2 Å². The maximum absolute atomic E-state index is 12.7. The molecule has 0 aliphatic carbocycles. The number of benzene rings is 1. The lowest BCUT2D eigenvalue weighted by Gasteiger charge is -2.38. The Morgan fingerprint density at radius 2 is 2.16 bits per heavy atom. The zero-order chi connectivity index (χ0) is 25.4. The molecule has 3 aromatic heterocycles. The molecule has 1 N–H and O–H groups in total. The Labute approximate surface area is 225 Å². The number of nitrogens with one attached hydrogen (secondary N) is 1. The molecule has 0 amide bonds. The molecule has 1 saturated heterocycles. The van der Waals surface area contributed by atoms with Crippen molar-refractivity contribution < 1.29 is 4.74 Å². The van der Waals surface area contributed by atoms with Gasteiger partial charge in [0.05, 0.1) is 29.6 Å². The Morgan fingerprint density at radius 3 is 2.97 bits per heavy atom. The van der Waals surface area contributed by atoms with Crippen molar-refractivity contribution in [2.45, 2.75) is 38.3 Å². The zero-order valence-corrected chi connectivity index (χ0v) is 22.4. The first-order chi connectivity index (χ1) is 18.1. The number of hydrogen-bond donors (Lipinski definition) is 1. The van der Waals surface area contributed by atoms with Gasteiger partial charge in [-0.15, -0.1) is 11.3 Å². The van der Waals surface area contributed by atoms with Crippen LogP contribution in [-0.4, -0.2) is 54.2 Å². The maximum Gasteiger partial charge on any atom is 0.267 e. The quantitative estimate of drug-likeness (QED) is 0.375. The Kier molecular flexibility index (Phi) is 6.99. The lowest BCUT2D eigenvalue weighted by Crippen LogP contribution is -2.40. The summed E-state index contributed by atoms with van der Waals surface area (Å²) in [6.07, 6.45) is 7.64. The van der Waals surface area contributed by atoms with Crippen molar-refractivity contribution in [3.05, 3.63) is 74.1 Å². The summed E-state index contributed by atoms with van der Waals surface area (Å²) in [5.41, 5.74) is 6.67. The van der Waals surface area contributed by atoms with Crippen LogP contribution in [-0.2, 0) is 24.1 Å². The van der Waals surface area contributed by atoms with Gasteiger partial charge in [0.15, 0.2) is 0 Å². The zero-order valence-electron chi connectivity index (χ0n) is 20.9. The molecule has 2 aliphatic rings. The summed E-state index contributed by atoms with van der Waals surface area (Å²) in [4.78, 5) is 21.0. The van der Waals surface area contributed by atoms with E-state index in [-0.39, 0.29) is 5.56 Å². The van der Waals surface area contributed by atoms with E-state index in [2.05, 4.69) is 44.6 Å². The van der Waals surface area contributed by atoms with E-state index in [4.69, 9.17) is 16.3 Å². The van der Waals surface area contributed by atoms with Crippen molar-refractivity contribution >= 4 is 38.8 Å². The van der Waals surface area contributed by atoms with Gasteiger partial charge < -0.3 is 15.0 Å². The van der Waals surface area contributed by atoms with Crippen LogP contribution in [0, 0.1) is 0 Å². The molecule has 9 heteroatoms. The smallest absolute Gasteiger partial charge is 0.267 e. The van der Waals surface area contributed by atoms with Gasteiger partial charge in [0.25, 0.3) is 5.56 Å². The number of hydrogen-bond acceptors (Lipinski definition) is 7. The van der Waals surface area contributed by atoms with Crippen LogP contribution in [0.3, 0.4) is 0 Å². The lowest BCUT2D eigenvalue weighted by atomic mass is 9.92. The fourth-order valence-corrected chi connectivity index (χ4v) is 6.95. The molecule has 4 aromatic rings. The standard InChI is InChI=1S/C28H30ClN5O2S/c1-36-10-6-18-11-26(35)34(32-15-18)17-22-14-25-28(37-22)23(5-8-31-25)24-13-20(29)12-19-3-2-9-33(27(19)24)21-4-7-30-16-21/h5,8,11-15,21,30H,2-4,6-7,9-10,16-17H2,1H3/t21-/m0/s1. The highest BCUT2D eigenvalue weighted by Crippen LogP contribution is 2.44. The van der Waals surface area contributed by atoms with Crippen LogP contribution in [0.25, 0.3) is 21.3 Å². The number of nitrogens with zero attached hydrogens (tertiary/aromatic N) is 4. The molecule has 6 rings (SSSR count). The summed E-state index contributed by atoms with van der Waals surface area (Å²) in [6, 6.07) is 10.6. The third-order valence-corrected chi connectivity index (χ3v) is 8.70. The van der Waals surface area contributed by atoms with Crippen LogP contribution in [0.4, 0.5) is 5.69 Å². The second kappa shape index (κ2) is 10.5. The van der Waals surface area contributed by atoms with Gasteiger partial charge in [-0.05, 0) is 67.6 Å². The number of thiophene rings is 1. The van der Waals surface area contributed by atoms with Crippen LogP contribution >= 0.6 is 22.9 Å². The average molecular weight is 536 g/mol. The van der Waals surface area contributed by atoms with E-state index in [1.54, 1.807) is 30.7 Å². The van der Waals surface area contributed by atoms with Gasteiger partial charge in [0.2, 0.25) is 0 Å². The monoisotopic (exact) mass is 535 g/mol. The summed E-state index contributed by atoms with van der Waals surface area (Å²) in [5, 5.41) is 8.70. The Hall–Kier alpha value is -2.78. The molecule has 2 aliphatic heterocycles. The Morgan fingerprint density at radius 1 is 1.24 bits per heavy atom. The molecule has 0 unspecified atom stereocenters. The molecular weight excluding hydrogens is 506 g/mol. The summed E-state index contributed by atoms with van der Waals surface area (Å²) in [6.45, 7) is 4.12. The Bertz CT molecular complexity index is 1490. The number of pyridine rings is 1. The van der Waals surface area contributed by atoms with Crippen LogP contribution in [0.1, 0.15) is 28.8 Å². The number of rotatable bonds is 7. The number of fused-ring (bicyclic) bond motifs is 2. The second-order valence-electron chi connectivity index (χ2n) is 9.79. The first-order valence-corrected chi connectivity index (χ1v) is 14.0. The maximum atomic E-state index is 12.7. The lowest BCUT2D eigenvalue weighted by molar-refractivity contribution is 0.202. The van der Waals surface area contributed by atoms with Gasteiger partial charge >= 0.3 is 0 Å². The van der Waals surface area contributed by atoms with Crippen LogP contribution < -0.4 is 15.8 Å². The van der Waals surface area contributed by atoms with E-state index >= 15 is 0 Å². The van der Waals surface area contributed by atoms with Gasteiger partial charge in [-0.3, -0.25) is 9.78 Å². The fraction of sp³-hybridized carbons (Fsp3) is 0.393. The van der Waals surface area contributed by atoms with E-state index < -0.39 is 0 Å². The van der Waals surface area contributed by atoms with Gasteiger partial charge in [-0.2, -0.15) is 5.10 Å². The molecule has 0 spiro atoms. The second-order valence-corrected chi connectivity index (χ2v) is 11.4. The molecule has 1 atom stereocenters. The van der Waals surface area contributed by atoms with Crippen LogP contribution in [0.2, 0.25) is 5.02 Å². The molecule has 37 heavy (non-hydrogen) atoms. The fourth-order valence-electron chi connectivity index (χ4n) is 5.58. The van der Waals surface area contributed by atoms with Crippen molar-refractivity contribution in [1.29, 1.82) is 0 Å². The summed E-state index contributed by atoms with van der Waals surface area (Å²) >= 11 is 8.34. The minimum absolute atomic E-state index is 0.107. The van der Waals surface area contributed by atoms with Gasteiger partial charge in [0.1, 0.15) is 0 Å². The highest BCUT2D eigenvalue weighted by molar-refractivity contribution is 7.19. The minimum atomic E-state index is -0.107. The molecule has 1 aromatic carbocycles. The summed E-state index contributed by atoms with van der Waals surface area (Å²) in [7, 11) is 1.65. The van der Waals surface area contributed by atoms with Gasteiger partial charge in [-0.1, -0.05) is 11.6 Å². The predicted molar refractivity (Wildman–Crippen MR) is 150 cm³/mol. The number of methoxy groups -OCH3 is 1. The topological polar surface area (TPSA) is 72.3 Å². The first kappa shape index (κ1) is 24.6. The molecule has 5 heterocycles. The molecule has 0 bridgehead atoms. The summed E-state index contributed by atoms with van der Waals surface area (Å²) < 4.78 is 7.74. The molecule has 192 valence electrons. The molecular formula is C28H30ClN5O2S. The minimum Gasteiger partial charge on any atom is -0.384 e. The van der Waals surface area contributed by atoms with Gasteiger partial charge in [-0.25, -0.2) is 4.68 Å². The summed E-state index contributed by atoms with van der Waals surface area (Å²) in [5.74, 6) is 0. The van der Waals surface area contributed by atoms with E-state index in [9.17, 15) is 4.79 Å². The number of ether oxygens (including phenoxy) is 1. The predicted octanol–water partition coefficient (Wildman–Crippen LogP) is 4.53. The van der Waals surface area contributed by atoms with Crippen molar-refractivity contribution in [2.75, 3.05) is 38.3 Å². The highest BCUT2D eigenvalue weighted by Gasteiger charge is 2.30. The van der Waals surface area contributed by atoms with E-state index in [0.717, 1.165) is 70.1 Å². The molecule has 1 fully saturated rings. The van der Waals surface area contributed by atoms with E-state index in [1.807, 2.05) is 6.20 Å². The highest BCUT2D eigenvalue weighted by atomic mass is 35.5. The number of aryl methyl sites for hydroxylation is 1. The van der Waals surface area contributed by atoms with Crippen molar-refractivity contribution in [3.8, 4) is 11.1 Å². The molecule has 0 saturated carbocycles. The SMILES string of the molecule is COCCc1cnn(Cc2cc3nccc(-c4cc(Cl)cc5c4N([C@H]4CCNC4)CCC5)c3s2)c(=O)c1. The Balaban J connectivity index is 1.39. The average Bonchev–Trinajstić information content (AvgIpc) is 3.58. The van der Waals surface area contributed by atoms with Crippen molar-refractivity contribution in [3.63, 3.8) is 0 Å². The normalized spacial score (nSPS) is 17.5. The van der Waals surface area contributed by atoms with Crippen molar-refractivity contribution in [2.24, 2.45) is 0 Å². The molecule has 0 radical (unpaired) electrons. The number of halogens is 1. The van der Waals surface area contributed by atoms with E-state index in [0.29, 0.717) is 25.6 Å². The van der Waals surface area contributed by atoms with E-state index in [1.165, 1.54) is 21.5 Å². The number of anilines is 1. The molecule has 7 nitrogen and oxygen atoms in total. The largest absolute Gasteiger partial charge is 0.384 e. The van der Waals surface area contributed by atoms with Crippen LogP contribution in [0.5, 0.6) is 0 Å². The van der Waals surface area contributed by atoms with Crippen LogP contribution in [0.15, 0.2) is 47.5 Å². The van der Waals surface area contributed by atoms with Crippen molar-refractivity contribution in [1.82, 2.24) is 20.1 Å². The third kappa shape index (κ3) is 4.91. The third-order valence-electron chi connectivity index (χ3n) is 7.34.